The average Bonchev–Trinajstić information content (AvgIpc) is 3.23. The SMILES string of the molecule is Cn1cc(-c2ccc(CNC(=O)OC(C)(C)C)cc2)c2sc(CN3CCN(S(C)(=O)=O)CC3)cc2c1=O. The number of nitrogens with one attached hydrogen (secondary N) is 1. The summed E-state index contributed by atoms with van der Waals surface area (Å²) in [5, 5.41) is 3.45. The van der Waals surface area contributed by atoms with Crippen LogP contribution < -0.4 is 10.9 Å². The third-order valence-corrected chi connectivity index (χ3v) is 8.64. The summed E-state index contributed by atoms with van der Waals surface area (Å²) in [5.41, 5.74) is 2.31. The normalized spacial score (nSPS) is 15.7. The number of aryl methyl sites for hydroxylation is 1. The summed E-state index contributed by atoms with van der Waals surface area (Å²) in [6, 6.07) is 9.87. The fourth-order valence-corrected chi connectivity index (χ4v) is 6.37. The molecule has 3 aromatic rings. The van der Waals surface area contributed by atoms with Crippen LogP contribution in [-0.4, -0.2) is 66.3 Å². The molecule has 1 aliphatic rings. The van der Waals surface area contributed by atoms with E-state index in [2.05, 4.69) is 10.2 Å². The number of aromatic nitrogens is 1. The molecule has 1 aliphatic heterocycles. The molecule has 0 bridgehead atoms. The highest BCUT2D eigenvalue weighted by molar-refractivity contribution is 7.88. The number of carbonyl (C=O) groups excluding carboxylic acids is 1. The Hall–Kier alpha value is -2.73. The van der Waals surface area contributed by atoms with E-state index in [-0.39, 0.29) is 5.56 Å². The number of carbonyl (C=O) groups is 1. The zero-order valence-corrected chi connectivity index (χ0v) is 23.5. The molecule has 0 radical (unpaired) electrons. The first-order valence-electron chi connectivity index (χ1n) is 12.2. The molecule has 4 rings (SSSR count). The Morgan fingerprint density at radius 2 is 1.76 bits per heavy atom. The number of ether oxygens (including phenoxy) is 1. The number of amides is 1. The molecular weight excluding hydrogens is 512 g/mol. The van der Waals surface area contributed by atoms with Crippen molar-refractivity contribution >= 4 is 37.5 Å². The maximum Gasteiger partial charge on any atom is 0.407 e. The van der Waals surface area contributed by atoms with Gasteiger partial charge in [-0.15, -0.1) is 11.3 Å². The van der Waals surface area contributed by atoms with Gasteiger partial charge in [0.05, 0.1) is 11.6 Å². The summed E-state index contributed by atoms with van der Waals surface area (Å²) in [6.45, 7) is 8.77. The van der Waals surface area contributed by atoms with Crippen molar-refractivity contribution in [3.8, 4) is 11.1 Å². The van der Waals surface area contributed by atoms with Crippen LogP contribution in [0.5, 0.6) is 0 Å². The van der Waals surface area contributed by atoms with E-state index in [1.165, 1.54) is 10.6 Å². The van der Waals surface area contributed by atoms with E-state index < -0.39 is 21.7 Å². The monoisotopic (exact) mass is 546 g/mol. The number of hydrogen-bond acceptors (Lipinski definition) is 7. The van der Waals surface area contributed by atoms with Crippen LogP contribution in [0, 0.1) is 0 Å². The summed E-state index contributed by atoms with van der Waals surface area (Å²) in [6.07, 6.45) is 2.65. The molecule has 0 saturated carbocycles. The van der Waals surface area contributed by atoms with Gasteiger partial charge in [0.25, 0.3) is 5.56 Å². The van der Waals surface area contributed by atoms with Crippen LogP contribution in [-0.2, 0) is 34.9 Å². The molecule has 37 heavy (non-hydrogen) atoms. The highest BCUT2D eigenvalue weighted by Crippen LogP contribution is 2.34. The zero-order chi connectivity index (χ0) is 27.0. The maximum atomic E-state index is 12.9. The lowest BCUT2D eigenvalue weighted by Crippen LogP contribution is -2.47. The van der Waals surface area contributed by atoms with Crippen molar-refractivity contribution in [2.75, 3.05) is 32.4 Å². The predicted molar refractivity (Wildman–Crippen MR) is 147 cm³/mol. The van der Waals surface area contributed by atoms with Crippen molar-refractivity contribution in [1.29, 1.82) is 0 Å². The molecule has 11 heteroatoms. The molecular formula is C26H34N4O5S2. The lowest BCUT2D eigenvalue weighted by Gasteiger charge is -2.32. The van der Waals surface area contributed by atoms with Crippen molar-refractivity contribution in [2.24, 2.45) is 7.05 Å². The molecule has 200 valence electrons. The van der Waals surface area contributed by atoms with Crippen LogP contribution in [0.3, 0.4) is 0 Å². The van der Waals surface area contributed by atoms with Crippen molar-refractivity contribution in [3.63, 3.8) is 0 Å². The standard InChI is InChI=1S/C26H34N4O5S2/c1-26(2,3)35-25(32)27-15-18-6-8-19(9-7-18)22-17-28(4)24(31)21-14-20(36-23(21)22)16-29-10-12-30(13-11-29)37(5,33)34/h6-9,14,17H,10-13,15-16H2,1-5H3,(H,27,32). The highest BCUT2D eigenvalue weighted by Gasteiger charge is 2.24. The minimum atomic E-state index is -3.17. The van der Waals surface area contributed by atoms with E-state index in [1.807, 2.05) is 57.3 Å². The molecule has 3 heterocycles. The van der Waals surface area contributed by atoms with Gasteiger partial charge in [0.2, 0.25) is 10.0 Å². The summed E-state index contributed by atoms with van der Waals surface area (Å²) >= 11 is 1.60. The molecule has 1 N–H and O–H groups in total. The molecule has 0 spiro atoms. The van der Waals surface area contributed by atoms with Crippen molar-refractivity contribution in [3.05, 3.63) is 57.3 Å². The number of rotatable bonds is 6. The number of hydrogen-bond donors (Lipinski definition) is 1. The number of sulfonamides is 1. The molecule has 1 amide bonds. The lowest BCUT2D eigenvalue weighted by atomic mass is 10.0. The smallest absolute Gasteiger partial charge is 0.407 e. The maximum absolute atomic E-state index is 12.9. The second-order valence-corrected chi connectivity index (χ2v) is 13.5. The Labute approximate surface area is 221 Å². The molecule has 9 nitrogen and oxygen atoms in total. The lowest BCUT2D eigenvalue weighted by molar-refractivity contribution is 0.0523. The Morgan fingerprint density at radius 1 is 1.11 bits per heavy atom. The van der Waals surface area contributed by atoms with Crippen LogP contribution in [0.2, 0.25) is 0 Å². The third kappa shape index (κ3) is 6.78. The van der Waals surface area contributed by atoms with E-state index in [4.69, 9.17) is 4.74 Å². The van der Waals surface area contributed by atoms with Gasteiger partial charge >= 0.3 is 6.09 Å². The Kier molecular flexibility index (Phi) is 7.80. The number of pyridine rings is 1. The predicted octanol–water partition coefficient (Wildman–Crippen LogP) is 3.37. The topological polar surface area (TPSA) is 101 Å². The van der Waals surface area contributed by atoms with Gasteiger partial charge in [-0.1, -0.05) is 24.3 Å². The van der Waals surface area contributed by atoms with Crippen LogP contribution in [0.1, 0.15) is 31.2 Å². The summed E-state index contributed by atoms with van der Waals surface area (Å²) in [5.74, 6) is 0. The minimum absolute atomic E-state index is 0.0404. The summed E-state index contributed by atoms with van der Waals surface area (Å²) in [4.78, 5) is 28.1. The largest absolute Gasteiger partial charge is 0.444 e. The average molecular weight is 547 g/mol. The number of piperazine rings is 1. The molecule has 0 unspecified atom stereocenters. The van der Waals surface area contributed by atoms with Crippen LogP contribution >= 0.6 is 11.3 Å². The number of fused-ring (bicyclic) bond motifs is 1. The third-order valence-electron chi connectivity index (χ3n) is 6.18. The van der Waals surface area contributed by atoms with Gasteiger partial charge in [-0.05, 0) is 38.0 Å². The highest BCUT2D eigenvalue weighted by atomic mass is 32.2. The van der Waals surface area contributed by atoms with Crippen molar-refractivity contribution in [2.45, 2.75) is 39.5 Å². The van der Waals surface area contributed by atoms with E-state index >= 15 is 0 Å². The second kappa shape index (κ2) is 10.6. The van der Waals surface area contributed by atoms with E-state index in [1.54, 1.807) is 23.0 Å². The van der Waals surface area contributed by atoms with E-state index in [9.17, 15) is 18.0 Å². The van der Waals surface area contributed by atoms with Gasteiger partial charge in [0.1, 0.15) is 5.60 Å². The van der Waals surface area contributed by atoms with Crippen molar-refractivity contribution < 1.29 is 17.9 Å². The molecule has 0 atom stereocenters. The number of thiophene rings is 1. The Morgan fingerprint density at radius 3 is 2.35 bits per heavy atom. The van der Waals surface area contributed by atoms with Gasteiger partial charge in [-0.2, -0.15) is 4.31 Å². The quantitative estimate of drug-likeness (QED) is 0.509. The molecule has 0 aliphatic carbocycles. The number of nitrogens with zero attached hydrogens (tertiary/aromatic N) is 3. The second-order valence-electron chi connectivity index (χ2n) is 10.4. The Bertz CT molecular complexity index is 1450. The van der Waals surface area contributed by atoms with Crippen molar-refractivity contribution in [1.82, 2.24) is 19.1 Å². The first-order valence-corrected chi connectivity index (χ1v) is 14.8. The van der Waals surface area contributed by atoms with Gasteiger partial charge in [0.15, 0.2) is 0 Å². The van der Waals surface area contributed by atoms with E-state index in [0.717, 1.165) is 26.3 Å². The fraction of sp³-hybridized carbons (Fsp3) is 0.462. The van der Waals surface area contributed by atoms with Gasteiger partial charge in [-0.25, -0.2) is 13.2 Å². The molecule has 1 fully saturated rings. The molecule has 2 aromatic heterocycles. The van der Waals surface area contributed by atoms with Crippen LogP contribution in [0.4, 0.5) is 4.79 Å². The molecule has 1 saturated heterocycles. The minimum Gasteiger partial charge on any atom is -0.444 e. The van der Waals surface area contributed by atoms with E-state index in [0.29, 0.717) is 44.7 Å². The van der Waals surface area contributed by atoms with Gasteiger partial charge in [0, 0.05) is 67.7 Å². The number of alkyl carbamates (subject to hydrolysis) is 1. The number of benzene rings is 1. The van der Waals surface area contributed by atoms with Gasteiger partial charge in [-0.3, -0.25) is 9.69 Å². The zero-order valence-electron chi connectivity index (χ0n) is 21.9. The first-order chi connectivity index (χ1) is 17.3. The van der Waals surface area contributed by atoms with Crippen LogP contribution in [0.25, 0.3) is 21.2 Å². The molecule has 1 aromatic carbocycles. The Balaban J connectivity index is 1.51. The van der Waals surface area contributed by atoms with Crippen LogP contribution in [0.15, 0.2) is 41.3 Å². The summed E-state index contributed by atoms with van der Waals surface area (Å²) < 4.78 is 32.9. The summed E-state index contributed by atoms with van der Waals surface area (Å²) in [7, 11) is -1.41. The first kappa shape index (κ1) is 27.3. The van der Waals surface area contributed by atoms with Gasteiger partial charge < -0.3 is 14.6 Å². The fourth-order valence-electron chi connectivity index (χ4n) is 4.32.